The Morgan fingerprint density at radius 3 is 2.42 bits per heavy atom. The number of hydrogen-bond acceptors (Lipinski definition) is 8. The first-order chi connectivity index (χ1) is 23.1. The zero-order valence-corrected chi connectivity index (χ0v) is 27.4. The molecule has 0 fully saturated rings. The number of aliphatic hydroxyl groups is 1. The summed E-state index contributed by atoms with van der Waals surface area (Å²) in [5, 5.41) is 15.7. The van der Waals surface area contributed by atoms with Gasteiger partial charge in [0.1, 0.15) is 11.9 Å². The molecular weight excluding hydrogens is 608 g/mol. The van der Waals surface area contributed by atoms with Crippen molar-refractivity contribution < 1.29 is 24.2 Å². The van der Waals surface area contributed by atoms with E-state index in [-0.39, 0.29) is 48.8 Å². The van der Waals surface area contributed by atoms with Crippen molar-refractivity contribution in [2.24, 2.45) is 5.92 Å². The second-order valence-corrected chi connectivity index (χ2v) is 12.3. The van der Waals surface area contributed by atoms with Crippen LogP contribution in [0.4, 0.5) is 17.1 Å². The fraction of sp³-hybridized carbons (Fsp3) is 0.297. The van der Waals surface area contributed by atoms with Gasteiger partial charge >= 0.3 is 0 Å². The molecule has 250 valence electrons. The van der Waals surface area contributed by atoms with Crippen LogP contribution >= 0.6 is 0 Å². The normalized spacial score (nSPS) is 16.9. The molecule has 1 aromatic heterocycles. The standard InChI is InChI=1S/C37H42N6O5/c1-24-20-43(25(2)23-44)35(45)19-29-18-30(40-36(46)28-14-16-39-17-15-28)12-13-33(29)48-34(24)22-42(3)21-26-8-10-27(11-9-26)37(47)41-32-7-5-4-6-31(32)38/h4-18,24-25,34,44H,19-23,38H2,1-3H3,(H,40,46)(H,41,47)/t24-,25+,34+/m1/s1. The molecule has 0 saturated heterocycles. The fourth-order valence-electron chi connectivity index (χ4n) is 5.68. The second kappa shape index (κ2) is 15.6. The first-order valence-corrected chi connectivity index (χ1v) is 16.0. The number of nitrogens with one attached hydrogen (secondary N) is 2. The summed E-state index contributed by atoms with van der Waals surface area (Å²) in [6.45, 7) is 5.27. The van der Waals surface area contributed by atoms with Gasteiger partial charge in [0, 0.05) is 60.3 Å². The number of carbonyl (C=O) groups excluding carboxylic acids is 3. The maximum Gasteiger partial charge on any atom is 0.255 e. The number of aliphatic hydroxyl groups excluding tert-OH is 1. The summed E-state index contributed by atoms with van der Waals surface area (Å²) in [6, 6.07) is 22.8. The molecule has 3 atom stereocenters. The number of benzene rings is 3. The van der Waals surface area contributed by atoms with Crippen LogP contribution in [0, 0.1) is 5.92 Å². The monoisotopic (exact) mass is 650 g/mol. The van der Waals surface area contributed by atoms with Crippen LogP contribution < -0.4 is 21.1 Å². The third kappa shape index (κ3) is 8.55. The van der Waals surface area contributed by atoms with Gasteiger partial charge in [0.15, 0.2) is 0 Å². The van der Waals surface area contributed by atoms with E-state index < -0.39 is 0 Å². The Morgan fingerprint density at radius 2 is 1.71 bits per heavy atom. The molecule has 0 radical (unpaired) electrons. The summed E-state index contributed by atoms with van der Waals surface area (Å²) < 4.78 is 6.64. The van der Waals surface area contributed by atoms with E-state index in [9.17, 15) is 19.5 Å². The molecule has 48 heavy (non-hydrogen) atoms. The minimum atomic E-state index is -0.372. The lowest BCUT2D eigenvalue weighted by atomic mass is 10.0. The lowest BCUT2D eigenvalue weighted by molar-refractivity contribution is -0.134. The van der Waals surface area contributed by atoms with Crippen LogP contribution in [0.3, 0.4) is 0 Å². The lowest BCUT2D eigenvalue weighted by Gasteiger charge is -2.34. The number of hydrogen-bond donors (Lipinski definition) is 4. The molecule has 0 unspecified atom stereocenters. The second-order valence-electron chi connectivity index (χ2n) is 12.3. The summed E-state index contributed by atoms with van der Waals surface area (Å²) in [7, 11) is 2.00. The highest BCUT2D eigenvalue weighted by molar-refractivity contribution is 6.06. The number of carbonyl (C=O) groups is 3. The van der Waals surface area contributed by atoms with Crippen LogP contribution in [0.1, 0.15) is 45.7 Å². The van der Waals surface area contributed by atoms with Gasteiger partial charge in [-0.05, 0) is 74.1 Å². The van der Waals surface area contributed by atoms with Crippen molar-refractivity contribution in [2.75, 3.05) is 43.1 Å². The molecule has 5 N–H and O–H groups in total. The molecule has 3 amide bonds. The molecule has 11 nitrogen and oxygen atoms in total. The van der Waals surface area contributed by atoms with E-state index in [1.165, 1.54) is 0 Å². The first kappa shape index (κ1) is 34.1. The Bertz CT molecular complexity index is 1730. The molecule has 1 aliphatic rings. The van der Waals surface area contributed by atoms with Gasteiger partial charge in [-0.2, -0.15) is 0 Å². The van der Waals surface area contributed by atoms with E-state index in [2.05, 4.69) is 20.5 Å². The van der Waals surface area contributed by atoms with Gasteiger partial charge in [-0.15, -0.1) is 0 Å². The Balaban J connectivity index is 1.31. The van der Waals surface area contributed by atoms with Crippen LogP contribution in [-0.2, 0) is 17.8 Å². The number of nitrogen functional groups attached to an aromatic ring is 1. The van der Waals surface area contributed by atoms with Crippen molar-refractivity contribution in [1.29, 1.82) is 0 Å². The molecule has 5 rings (SSSR count). The highest BCUT2D eigenvalue weighted by Crippen LogP contribution is 2.30. The maximum atomic E-state index is 13.6. The van der Waals surface area contributed by atoms with Crippen molar-refractivity contribution in [3.63, 3.8) is 0 Å². The summed E-state index contributed by atoms with van der Waals surface area (Å²) in [5.41, 5.74) is 10.2. The van der Waals surface area contributed by atoms with Crippen LogP contribution in [0.15, 0.2) is 91.3 Å². The zero-order valence-electron chi connectivity index (χ0n) is 27.4. The summed E-state index contributed by atoms with van der Waals surface area (Å²) >= 11 is 0. The van der Waals surface area contributed by atoms with Crippen molar-refractivity contribution in [3.8, 4) is 5.75 Å². The lowest BCUT2D eigenvalue weighted by Crippen LogP contribution is -2.47. The van der Waals surface area contributed by atoms with Gasteiger partial charge in [-0.1, -0.05) is 31.2 Å². The molecule has 0 spiro atoms. The molecule has 11 heteroatoms. The third-order valence-corrected chi connectivity index (χ3v) is 8.49. The number of aromatic nitrogens is 1. The SMILES string of the molecule is C[C@@H]1CN([C@@H](C)CO)C(=O)Cc2cc(NC(=O)c3ccncc3)ccc2O[C@H]1CN(C)Cc1ccc(C(=O)Nc2ccccc2N)cc1. The molecule has 0 saturated carbocycles. The van der Waals surface area contributed by atoms with Crippen molar-refractivity contribution >= 4 is 34.8 Å². The number of nitrogens with two attached hydrogens (primary N) is 1. The highest BCUT2D eigenvalue weighted by atomic mass is 16.5. The predicted octanol–water partition coefficient (Wildman–Crippen LogP) is 4.45. The predicted molar refractivity (Wildman–Crippen MR) is 186 cm³/mol. The van der Waals surface area contributed by atoms with E-state index in [0.29, 0.717) is 59.1 Å². The Kier molecular flexibility index (Phi) is 11.0. The summed E-state index contributed by atoms with van der Waals surface area (Å²) in [5.74, 6) is -0.150. The van der Waals surface area contributed by atoms with Gasteiger partial charge in [-0.25, -0.2) is 0 Å². The molecule has 4 aromatic rings. The summed E-state index contributed by atoms with van der Waals surface area (Å²) in [6.07, 6.45) is 2.87. The van der Waals surface area contributed by atoms with Gasteiger partial charge in [-0.3, -0.25) is 24.3 Å². The number of anilines is 3. The molecule has 3 aromatic carbocycles. The molecule has 0 aliphatic carbocycles. The number of rotatable bonds is 10. The topological polar surface area (TPSA) is 150 Å². The van der Waals surface area contributed by atoms with E-state index in [0.717, 1.165) is 5.56 Å². The van der Waals surface area contributed by atoms with Gasteiger partial charge < -0.3 is 31.1 Å². The Morgan fingerprint density at radius 1 is 1.02 bits per heavy atom. The highest BCUT2D eigenvalue weighted by Gasteiger charge is 2.31. The number of likely N-dealkylation sites (N-methyl/N-ethyl adjacent to an activating group) is 1. The van der Waals surface area contributed by atoms with E-state index in [4.69, 9.17) is 10.5 Å². The molecule has 2 heterocycles. The van der Waals surface area contributed by atoms with Gasteiger partial charge in [0.2, 0.25) is 5.91 Å². The van der Waals surface area contributed by atoms with Crippen LogP contribution in [0.5, 0.6) is 5.75 Å². The number of ether oxygens (including phenoxy) is 1. The van der Waals surface area contributed by atoms with Crippen LogP contribution in [-0.4, -0.2) is 76.5 Å². The fourth-order valence-corrected chi connectivity index (χ4v) is 5.68. The van der Waals surface area contributed by atoms with Crippen molar-refractivity contribution in [2.45, 2.75) is 39.0 Å². The Hall–Kier alpha value is -5.26. The van der Waals surface area contributed by atoms with E-state index >= 15 is 0 Å². The van der Waals surface area contributed by atoms with Crippen LogP contribution in [0.2, 0.25) is 0 Å². The van der Waals surface area contributed by atoms with E-state index in [1.54, 1.807) is 71.9 Å². The Labute approximate surface area is 280 Å². The third-order valence-electron chi connectivity index (χ3n) is 8.49. The van der Waals surface area contributed by atoms with Crippen molar-refractivity contribution in [1.82, 2.24) is 14.8 Å². The average Bonchev–Trinajstić information content (AvgIpc) is 3.13. The molecule has 1 aliphatic heterocycles. The average molecular weight is 651 g/mol. The van der Waals surface area contributed by atoms with E-state index in [1.807, 2.05) is 45.2 Å². The quantitative estimate of drug-likeness (QED) is 0.184. The number of para-hydroxylation sites is 2. The largest absolute Gasteiger partial charge is 0.488 e. The minimum Gasteiger partial charge on any atom is -0.488 e. The summed E-state index contributed by atoms with van der Waals surface area (Å²) in [4.78, 5) is 47.0. The number of fused-ring (bicyclic) bond motifs is 1. The first-order valence-electron chi connectivity index (χ1n) is 16.0. The number of pyridine rings is 1. The van der Waals surface area contributed by atoms with Crippen LogP contribution in [0.25, 0.3) is 0 Å². The van der Waals surface area contributed by atoms with Crippen molar-refractivity contribution in [3.05, 3.63) is 114 Å². The smallest absolute Gasteiger partial charge is 0.255 e. The van der Waals surface area contributed by atoms with Gasteiger partial charge in [0.05, 0.1) is 30.4 Å². The number of nitrogens with zero attached hydrogens (tertiary/aromatic N) is 3. The molecule has 0 bridgehead atoms. The maximum absolute atomic E-state index is 13.6. The molecular formula is C37H42N6O5. The zero-order chi connectivity index (χ0) is 34.2. The van der Waals surface area contributed by atoms with Gasteiger partial charge in [0.25, 0.3) is 11.8 Å². The minimum absolute atomic E-state index is 0.0602. The number of amides is 3.